The molecule has 7 heteroatoms. The van der Waals surface area contributed by atoms with Crippen LogP contribution in [0, 0.1) is 0 Å². The van der Waals surface area contributed by atoms with E-state index in [1.54, 1.807) is 6.92 Å². The number of carbonyl (C=O) groups excluding carboxylic acids is 2. The molecule has 0 saturated carbocycles. The summed E-state index contributed by atoms with van der Waals surface area (Å²) in [5.41, 5.74) is 0. The average Bonchev–Trinajstić information content (AvgIpc) is 2.48. The Balaban J connectivity index is -0.0000000357. The van der Waals surface area contributed by atoms with Crippen molar-refractivity contribution < 1.29 is 23.2 Å². The lowest BCUT2D eigenvalue weighted by molar-refractivity contribution is -0.131. The molecule has 1 atom stereocenters. The molecule has 212 valence electrons. The minimum Gasteiger partial charge on any atom is -0.456 e. The van der Waals surface area contributed by atoms with Crippen molar-refractivity contribution in [2.45, 2.75) is 144 Å². The first-order valence-electron chi connectivity index (χ1n) is 10.1. The molecule has 1 unspecified atom stereocenters. The van der Waals surface area contributed by atoms with Crippen molar-refractivity contribution in [1.82, 2.24) is 0 Å². The van der Waals surface area contributed by atoms with Gasteiger partial charge in [0.05, 0.1) is 0 Å². The van der Waals surface area contributed by atoms with Crippen molar-refractivity contribution in [3.05, 3.63) is 0 Å². The monoisotopic (exact) mass is 518 g/mol. The second-order valence-electron chi connectivity index (χ2n) is 8.29. The van der Waals surface area contributed by atoms with E-state index in [9.17, 15) is 9.59 Å². The van der Waals surface area contributed by atoms with Crippen LogP contribution in [0.5, 0.6) is 0 Å². The van der Waals surface area contributed by atoms with Crippen molar-refractivity contribution in [3.63, 3.8) is 0 Å². The molecule has 0 rings (SSSR count). The summed E-state index contributed by atoms with van der Waals surface area (Å²) in [6.45, 7) is 24.9. The van der Waals surface area contributed by atoms with Crippen LogP contribution in [0.3, 0.4) is 0 Å². The molecule has 0 aromatic rings. The molecule has 0 aliphatic rings. The van der Waals surface area contributed by atoms with E-state index in [2.05, 4.69) is 46.2 Å². The standard InChI is InChI=1S/C9H16O3.C6H18OSi2.C5H12O.6CH4/c1-4-12-8(3)9(11)6-5-7(2)10;1-8(2,3)7-9(4,5)6;1-3-5-6-4-2;;;;;;/h8H,4-6H2,1-3H3;1-6H3;3-5H2,1-2H3;6*1H4. The van der Waals surface area contributed by atoms with Crippen molar-refractivity contribution in [3.8, 4) is 0 Å². The Kier molecular flexibility index (Phi) is 59.9. The molecule has 0 aromatic heterocycles. The first-order valence-corrected chi connectivity index (χ1v) is 16.9. The van der Waals surface area contributed by atoms with Gasteiger partial charge in [-0.2, -0.15) is 0 Å². The fraction of sp³-hybridized carbons (Fsp3) is 0.923. The van der Waals surface area contributed by atoms with E-state index in [1.165, 1.54) is 6.92 Å². The topological polar surface area (TPSA) is 61.8 Å². The Labute approximate surface area is 215 Å². The van der Waals surface area contributed by atoms with E-state index in [4.69, 9.17) is 13.6 Å². The summed E-state index contributed by atoms with van der Waals surface area (Å²) >= 11 is 0. The highest BCUT2D eigenvalue weighted by molar-refractivity contribution is 6.83. The molecule has 0 aromatic carbocycles. The number of hydrogen-bond donors (Lipinski definition) is 0. The van der Waals surface area contributed by atoms with E-state index in [0.29, 0.717) is 19.4 Å². The Hall–Kier alpha value is -0.346. The van der Waals surface area contributed by atoms with Crippen molar-refractivity contribution in [1.29, 1.82) is 0 Å². The molecular weight excluding hydrogens is 448 g/mol. The highest BCUT2D eigenvalue weighted by Gasteiger charge is 2.24. The van der Waals surface area contributed by atoms with Crippen molar-refractivity contribution in [2.24, 2.45) is 0 Å². The molecule has 0 radical (unpaired) electrons. The highest BCUT2D eigenvalue weighted by Crippen LogP contribution is 2.12. The maximum Gasteiger partial charge on any atom is 0.170 e. The average molecular weight is 519 g/mol. The summed E-state index contributed by atoms with van der Waals surface area (Å²) in [7, 11) is -2.46. The molecule has 0 N–H and O–H groups in total. The predicted octanol–water partition coefficient (Wildman–Crippen LogP) is 9.27. The molecule has 0 fully saturated rings. The number of Topliss-reactive ketones (excluding diaryl/α,β-unsaturated/α-hetero) is 2. The zero-order valence-corrected chi connectivity index (χ0v) is 21.9. The smallest absolute Gasteiger partial charge is 0.170 e. The molecule has 0 amide bonds. The number of hydrogen-bond acceptors (Lipinski definition) is 5. The van der Waals surface area contributed by atoms with Crippen LogP contribution in [-0.4, -0.2) is 54.1 Å². The van der Waals surface area contributed by atoms with Crippen molar-refractivity contribution in [2.75, 3.05) is 19.8 Å². The number of ether oxygens (including phenoxy) is 2. The minimum atomic E-state index is -1.23. The van der Waals surface area contributed by atoms with E-state index < -0.39 is 16.6 Å². The van der Waals surface area contributed by atoms with Crippen molar-refractivity contribution >= 4 is 28.2 Å². The lowest BCUT2D eigenvalue weighted by Crippen LogP contribution is -2.39. The van der Waals surface area contributed by atoms with Gasteiger partial charge in [0.25, 0.3) is 0 Å². The third-order valence-corrected chi connectivity index (χ3v) is 7.66. The zero-order chi connectivity index (χ0) is 22.1. The lowest BCUT2D eigenvalue weighted by atomic mass is 10.1. The zero-order valence-electron chi connectivity index (χ0n) is 19.9. The number of carbonyl (C=O) groups is 2. The Bertz CT molecular complexity index is 360. The summed E-state index contributed by atoms with van der Waals surface area (Å²) < 4.78 is 16.0. The predicted molar refractivity (Wildman–Crippen MR) is 161 cm³/mol. The van der Waals surface area contributed by atoms with Crippen LogP contribution in [0.1, 0.15) is 98.4 Å². The largest absolute Gasteiger partial charge is 0.456 e. The Morgan fingerprint density at radius 3 is 1.30 bits per heavy atom. The molecule has 5 nitrogen and oxygen atoms in total. The molecule has 0 aliphatic carbocycles. The van der Waals surface area contributed by atoms with Gasteiger partial charge in [0.2, 0.25) is 0 Å². The van der Waals surface area contributed by atoms with Gasteiger partial charge in [-0.15, -0.1) is 0 Å². The minimum absolute atomic E-state index is 0. The SMILES string of the molecule is C.C.C.C.C.C.CCCOCC.CCOC(C)C(=O)CCC(C)=O.C[Si](C)(C)O[Si](C)(C)C. The normalized spacial score (nSPS) is 10.0. The third-order valence-electron chi connectivity index (χ3n) is 2.76. The van der Waals surface area contributed by atoms with Gasteiger partial charge >= 0.3 is 0 Å². The van der Waals surface area contributed by atoms with Gasteiger partial charge in [-0.05, 0) is 73.4 Å². The Morgan fingerprint density at radius 1 is 0.727 bits per heavy atom. The summed E-state index contributed by atoms with van der Waals surface area (Å²) in [6, 6.07) is 0. The van der Waals surface area contributed by atoms with E-state index in [1.807, 2.05) is 13.8 Å². The molecule has 33 heavy (non-hydrogen) atoms. The van der Waals surface area contributed by atoms with E-state index in [0.717, 1.165) is 19.6 Å². The van der Waals surface area contributed by atoms with Gasteiger partial charge < -0.3 is 18.4 Å². The fourth-order valence-electron chi connectivity index (χ4n) is 2.05. The summed E-state index contributed by atoms with van der Waals surface area (Å²) in [6.07, 6.45) is 1.40. The second kappa shape index (κ2) is 33.8. The van der Waals surface area contributed by atoms with E-state index in [-0.39, 0.29) is 62.2 Å². The molecule has 0 bridgehead atoms. The van der Waals surface area contributed by atoms with Gasteiger partial charge in [0, 0.05) is 32.7 Å². The van der Waals surface area contributed by atoms with Gasteiger partial charge in [-0.1, -0.05) is 51.5 Å². The van der Waals surface area contributed by atoms with Gasteiger partial charge in [0.1, 0.15) is 11.9 Å². The van der Waals surface area contributed by atoms with Crippen LogP contribution in [0.4, 0.5) is 0 Å². The van der Waals surface area contributed by atoms with Crippen LogP contribution in [-0.2, 0) is 23.2 Å². The Morgan fingerprint density at radius 2 is 1.12 bits per heavy atom. The molecular formula is C26H70O5Si2. The third kappa shape index (κ3) is 65.3. The lowest BCUT2D eigenvalue weighted by Gasteiger charge is -2.27. The summed E-state index contributed by atoms with van der Waals surface area (Å²) in [5.74, 6) is 0.0547. The first kappa shape index (κ1) is 58.5. The van der Waals surface area contributed by atoms with Crippen LogP contribution in [0.25, 0.3) is 0 Å². The second-order valence-corrected chi connectivity index (χ2v) is 17.6. The maximum atomic E-state index is 11.2. The fourth-order valence-corrected chi connectivity index (χ4v) is 9.40. The van der Waals surface area contributed by atoms with E-state index >= 15 is 0 Å². The maximum absolute atomic E-state index is 11.2. The van der Waals surface area contributed by atoms with Crippen LogP contribution in [0.2, 0.25) is 39.3 Å². The first-order chi connectivity index (χ1) is 12.2. The molecule has 0 heterocycles. The van der Waals surface area contributed by atoms with Crippen LogP contribution in [0.15, 0.2) is 0 Å². The molecule has 0 saturated heterocycles. The van der Waals surface area contributed by atoms with Gasteiger partial charge in [-0.3, -0.25) is 4.79 Å². The van der Waals surface area contributed by atoms with Gasteiger partial charge in [0.15, 0.2) is 22.4 Å². The number of ketones is 2. The van der Waals surface area contributed by atoms with Crippen LogP contribution < -0.4 is 0 Å². The molecule has 0 spiro atoms. The molecule has 0 aliphatic heterocycles. The summed E-state index contributed by atoms with van der Waals surface area (Å²) in [5, 5.41) is 0. The highest BCUT2D eigenvalue weighted by atomic mass is 28.4. The number of rotatable bonds is 11. The summed E-state index contributed by atoms with van der Waals surface area (Å²) in [4.78, 5) is 21.7. The van der Waals surface area contributed by atoms with Gasteiger partial charge in [-0.25, -0.2) is 0 Å². The quantitative estimate of drug-likeness (QED) is 0.201. The van der Waals surface area contributed by atoms with Crippen LogP contribution >= 0.6 is 0 Å².